The van der Waals surface area contributed by atoms with E-state index in [1.165, 1.54) is 34.7 Å². The van der Waals surface area contributed by atoms with Gasteiger partial charge in [0.05, 0.1) is 33.6 Å². The molecule has 7 heterocycles. The average molecular weight is 1120 g/mol. The SMILES string of the molecule is C#Cc1c(F)ccc2cc(O)cc(-c3ncc4c(N5CC6CCC(C5)N6)nc(OC5CCN(CCCOCCC(=O)NC(C(=O)N6CCCC6C)C(C)(C)C)CC5)nc4c3F)c12.CC.Cc1ncsc1-c1ccc(CNC=O)cc1. The van der Waals surface area contributed by atoms with Gasteiger partial charge in [-0.3, -0.25) is 19.4 Å². The lowest BCUT2D eigenvalue weighted by Crippen LogP contribution is -2.55. The van der Waals surface area contributed by atoms with Gasteiger partial charge in [0.2, 0.25) is 18.2 Å². The zero-order valence-electron chi connectivity index (χ0n) is 47.1. The lowest BCUT2D eigenvalue weighted by atomic mass is 9.85. The summed E-state index contributed by atoms with van der Waals surface area (Å²) < 4.78 is 44.2. The third-order valence-electron chi connectivity index (χ3n) is 15.3. The second-order valence-corrected chi connectivity index (χ2v) is 22.8. The number of nitrogens with one attached hydrogen (secondary N) is 3. The third-order valence-corrected chi connectivity index (χ3v) is 16.2. The summed E-state index contributed by atoms with van der Waals surface area (Å²) in [5.74, 6) is 1.22. The number of aromatic hydroxyl groups is 1. The first-order valence-electron chi connectivity index (χ1n) is 28.1. The van der Waals surface area contributed by atoms with E-state index in [0.717, 1.165) is 82.4 Å². The van der Waals surface area contributed by atoms with Crippen LogP contribution in [0.2, 0.25) is 0 Å². The van der Waals surface area contributed by atoms with E-state index in [9.17, 15) is 23.9 Å². The molecule has 0 spiro atoms. The average Bonchev–Trinajstić information content (AvgIpc) is 4.30. The molecule has 0 saturated carbocycles. The molecule has 3 amide bonds. The summed E-state index contributed by atoms with van der Waals surface area (Å²) in [6.07, 6.45) is 14.3. The number of likely N-dealkylation sites (tertiary alicyclic amines) is 2. The van der Waals surface area contributed by atoms with E-state index >= 15 is 4.39 Å². The molecule has 80 heavy (non-hydrogen) atoms. The summed E-state index contributed by atoms with van der Waals surface area (Å²) in [4.78, 5) is 62.2. The Hall–Kier alpha value is -6.85. The van der Waals surface area contributed by atoms with Crippen LogP contribution in [0.1, 0.15) is 110 Å². The lowest BCUT2D eigenvalue weighted by molar-refractivity contribution is -0.140. The summed E-state index contributed by atoms with van der Waals surface area (Å²) in [6, 6.07) is 13.9. The Labute approximate surface area is 472 Å². The van der Waals surface area contributed by atoms with Crippen molar-refractivity contribution < 1.29 is 37.7 Å². The predicted molar refractivity (Wildman–Crippen MR) is 310 cm³/mol. The summed E-state index contributed by atoms with van der Waals surface area (Å²) in [7, 11) is 0. The lowest BCUT2D eigenvalue weighted by Gasteiger charge is -2.35. The molecule has 6 aromatic rings. The van der Waals surface area contributed by atoms with Gasteiger partial charge < -0.3 is 45.2 Å². The molecule has 10 rings (SSSR count). The number of ether oxygens (including phenoxy) is 2. The molecule has 16 nitrogen and oxygen atoms in total. The van der Waals surface area contributed by atoms with Crippen LogP contribution >= 0.6 is 11.3 Å². The second kappa shape index (κ2) is 27.1. The number of phenolic OH excluding ortho intramolecular Hbond substituents is 1. The number of piperidine rings is 1. The van der Waals surface area contributed by atoms with Gasteiger partial charge >= 0.3 is 6.01 Å². The van der Waals surface area contributed by atoms with Crippen LogP contribution in [0.3, 0.4) is 0 Å². The van der Waals surface area contributed by atoms with Crippen molar-refractivity contribution in [2.24, 2.45) is 5.41 Å². The number of aryl methyl sites for hydroxylation is 1. The Morgan fingerprint density at radius 3 is 2.38 bits per heavy atom. The highest BCUT2D eigenvalue weighted by molar-refractivity contribution is 7.13. The number of thiazole rings is 1. The van der Waals surface area contributed by atoms with Crippen LogP contribution in [-0.4, -0.2) is 136 Å². The number of benzene rings is 3. The molecule has 4 atom stereocenters. The summed E-state index contributed by atoms with van der Waals surface area (Å²) in [5.41, 5.74) is 4.78. The van der Waals surface area contributed by atoms with Gasteiger partial charge in [-0.1, -0.05) is 70.9 Å². The van der Waals surface area contributed by atoms with E-state index in [2.05, 4.69) is 65.7 Å². The van der Waals surface area contributed by atoms with Crippen LogP contribution in [0.5, 0.6) is 11.8 Å². The number of piperazine rings is 1. The molecule has 4 N–H and O–H groups in total. The fourth-order valence-corrected chi connectivity index (χ4v) is 11.9. The molecule has 3 aromatic carbocycles. The standard InChI is InChI=1S/C47H58F2N8O5.C12H12N2OS.C2H6/c1-6-34-37(48)13-10-29-23-32(58)24-35(39(29)34)41-40(49)42-36(25-50-41)44(56-26-30-11-12-31(27-56)51-30)54-46(53-42)62-33-14-19-55(20-15-33)17-8-21-61-22-16-38(59)52-43(47(3,4)5)45(60)57-18-7-9-28(57)2;1-9-12(16-8-14-9)11-4-2-10(3-5-11)6-13-7-15;1-2/h1,10,13,23-25,28,30-31,33,43,51,58H,7-9,11-12,14-22,26-27H2,2-5H3,(H,52,59);2-5,7-8H,6H2,1H3,(H,13,15);1-2H3. The molecule has 4 fully saturated rings. The number of carbonyl (C=O) groups is 3. The number of hydrogen-bond acceptors (Lipinski definition) is 14. The van der Waals surface area contributed by atoms with Gasteiger partial charge in [0, 0.05) is 94.1 Å². The molecule has 2 bridgehead atoms. The Balaban J connectivity index is 0.000000397. The number of hydrogen-bond donors (Lipinski definition) is 4. The maximum absolute atomic E-state index is 17.0. The second-order valence-electron chi connectivity index (χ2n) is 21.9. The molecule has 4 aliphatic heterocycles. The third kappa shape index (κ3) is 14.2. The Kier molecular flexibility index (Phi) is 20.1. The maximum Gasteiger partial charge on any atom is 0.319 e. The van der Waals surface area contributed by atoms with Gasteiger partial charge in [-0.05, 0) is 98.9 Å². The number of aromatic nitrogens is 4. The van der Waals surface area contributed by atoms with Crippen molar-refractivity contribution in [1.29, 1.82) is 0 Å². The minimum absolute atomic E-state index is 0.0117. The quantitative estimate of drug-likeness (QED) is 0.0385. The van der Waals surface area contributed by atoms with Crippen LogP contribution < -0.4 is 25.6 Å². The number of rotatable bonds is 17. The van der Waals surface area contributed by atoms with E-state index in [0.29, 0.717) is 49.2 Å². The fourth-order valence-electron chi connectivity index (χ4n) is 11.1. The van der Waals surface area contributed by atoms with Crippen molar-refractivity contribution in [2.45, 2.75) is 137 Å². The van der Waals surface area contributed by atoms with Crippen LogP contribution in [-0.2, 0) is 25.7 Å². The number of carbonyl (C=O) groups excluding carboxylic acids is 3. The minimum Gasteiger partial charge on any atom is -0.508 e. The number of nitrogens with zero attached hydrogens (tertiary/aromatic N) is 7. The van der Waals surface area contributed by atoms with E-state index in [1.807, 2.05) is 64.1 Å². The smallest absolute Gasteiger partial charge is 0.319 e. The van der Waals surface area contributed by atoms with Crippen molar-refractivity contribution in [3.8, 4) is 45.8 Å². The molecule has 4 aliphatic rings. The number of phenols is 1. The van der Waals surface area contributed by atoms with Crippen LogP contribution in [0.15, 0.2) is 60.2 Å². The molecular weight excluding hydrogens is 1040 g/mol. The zero-order chi connectivity index (χ0) is 57.1. The van der Waals surface area contributed by atoms with E-state index in [1.54, 1.807) is 17.5 Å². The summed E-state index contributed by atoms with van der Waals surface area (Å²) in [6.45, 7) is 19.9. The number of fused-ring (bicyclic) bond motifs is 4. The number of pyridine rings is 1. The van der Waals surface area contributed by atoms with Gasteiger partial charge in [0.25, 0.3) is 0 Å². The molecule has 4 saturated heterocycles. The molecule has 0 radical (unpaired) electrons. The van der Waals surface area contributed by atoms with Crippen molar-refractivity contribution >= 4 is 57.1 Å². The number of anilines is 1. The Bertz CT molecular complexity index is 3140. The molecule has 426 valence electrons. The van der Waals surface area contributed by atoms with Crippen LogP contribution in [0.25, 0.3) is 43.4 Å². The topological polar surface area (TPSA) is 187 Å². The van der Waals surface area contributed by atoms with Crippen molar-refractivity contribution in [3.05, 3.63) is 88.7 Å². The van der Waals surface area contributed by atoms with Gasteiger partial charge in [-0.2, -0.15) is 9.97 Å². The monoisotopic (exact) mass is 1110 g/mol. The normalized spacial score (nSPS) is 18.7. The van der Waals surface area contributed by atoms with Crippen molar-refractivity contribution in [3.63, 3.8) is 0 Å². The van der Waals surface area contributed by atoms with Crippen LogP contribution in [0, 0.1) is 36.3 Å². The van der Waals surface area contributed by atoms with Crippen LogP contribution in [0.4, 0.5) is 14.6 Å². The van der Waals surface area contributed by atoms with Gasteiger partial charge in [0.15, 0.2) is 5.82 Å². The summed E-state index contributed by atoms with van der Waals surface area (Å²) >= 11 is 1.64. The summed E-state index contributed by atoms with van der Waals surface area (Å²) in [5, 5.41) is 21.0. The molecular formula is C61H76F2N10O6S. The highest BCUT2D eigenvalue weighted by atomic mass is 32.1. The van der Waals surface area contributed by atoms with Gasteiger partial charge in [-0.15, -0.1) is 17.8 Å². The fraction of sp³-hybridized carbons (Fsp3) is 0.492. The maximum atomic E-state index is 17.0. The Morgan fingerprint density at radius 2 is 1.73 bits per heavy atom. The molecule has 3 aromatic heterocycles. The predicted octanol–water partition coefficient (Wildman–Crippen LogP) is 9.32. The first kappa shape index (κ1) is 59.3. The highest BCUT2D eigenvalue weighted by Crippen LogP contribution is 2.40. The highest BCUT2D eigenvalue weighted by Gasteiger charge is 2.39. The number of halogens is 2. The Morgan fingerprint density at radius 1 is 0.988 bits per heavy atom. The van der Waals surface area contributed by atoms with E-state index in [4.69, 9.17) is 20.9 Å². The van der Waals surface area contributed by atoms with Crippen molar-refractivity contribution in [1.82, 2.24) is 45.7 Å². The molecule has 0 aliphatic carbocycles. The van der Waals surface area contributed by atoms with Gasteiger partial charge in [-0.25, -0.2) is 13.8 Å². The largest absolute Gasteiger partial charge is 0.508 e. The number of amides is 3. The van der Waals surface area contributed by atoms with E-state index < -0.39 is 23.1 Å². The molecule has 19 heteroatoms. The molecule has 4 unspecified atom stereocenters. The first-order valence-corrected chi connectivity index (χ1v) is 29.0. The minimum atomic E-state index is -0.748. The van der Waals surface area contributed by atoms with Gasteiger partial charge in [0.1, 0.15) is 40.7 Å². The zero-order valence-corrected chi connectivity index (χ0v) is 47.9. The van der Waals surface area contributed by atoms with E-state index in [-0.39, 0.29) is 88.6 Å². The first-order chi connectivity index (χ1) is 38.6. The number of terminal acetylenes is 1. The van der Waals surface area contributed by atoms with Crippen molar-refractivity contribution in [2.75, 3.05) is 57.4 Å².